The summed E-state index contributed by atoms with van der Waals surface area (Å²) in [6.07, 6.45) is 1.98. The quantitative estimate of drug-likeness (QED) is 0.483. The van der Waals surface area contributed by atoms with Crippen molar-refractivity contribution < 1.29 is 23.8 Å². The molecule has 1 fully saturated rings. The number of phenols is 1. The highest BCUT2D eigenvalue weighted by molar-refractivity contribution is 7.99. The van der Waals surface area contributed by atoms with Crippen molar-refractivity contribution in [1.29, 1.82) is 0 Å². The summed E-state index contributed by atoms with van der Waals surface area (Å²) < 4.78 is 16.7. The molecule has 0 unspecified atom stereocenters. The summed E-state index contributed by atoms with van der Waals surface area (Å²) in [4.78, 5) is 15.9. The number of ether oxygens (including phenoxy) is 2. The number of rotatable bonds is 6. The highest BCUT2D eigenvalue weighted by atomic mass is 32.2. The molecule has 0 amide bonds. The van der Waals surface area contributed by atoms with Gasteiger partial charge >= 0.3 is 0 Å². The monoisotopic (exact) mass is 413 g/mol. The molecule has 7 heteroatoms. The maximum absolute atomic E-state index is 12.8. The zero-order chi connectivity index (χ0) is 20.4. The molecule has 1 aromatic heterocycles. The number of ketones is 1. The van der Waals surface area contributed by atoms with Crippen molar-refractivity contribution >= 4 is 28.5 Å². The highest BCUT2D eigenvalue weighted by Crippen LogP contribution is 2.41. The van der Waals surface area contributed by atoms with E-state index in [1.165, 1.54) is 7.11 Å². The fourth-order valence-electron chi connectivity index (χ4n) is 3.51. The van der Waals surface area contributed by atoms with E-state index in [0.29, 0.717) is 36.8 Å². The van der Waals surface area contributed by atoms with Crippen LogP contribution in [0, 0.1) is 0 Å². The molecular formula is C22H23NO5S. The molecule has 0 bridgehead atoms. The van der Waals surface area contributed by atoms with Crippen molar-refractivity contribution in [1.82, 2.24) is 4.90 Å². The topological polar surface area (TPSA) is 72.1 Å². The Bertz CT molecular complexity index is 1040. The minimum absolute atomic E-state index is 0.0778. The smallest absolute Gasteiger partial charge is 0.176 e. The molecule has 0 aliphatic carbocycles. The SMILES string of the molecule is COc1cc(-c2oc3ccc(C(=O)CN4CCOCC4)cc3c2SC)ccc1O. The van der Waals surface area contributed by atoms with Gasteiger partial charge in [-0.25, -0.2) is 0 Å². The van der Waals surface area contributed by atoms with Gasteiger partial charge in [0.2, 0.25) is 0 Å². The van der Waals surface area contributed by atoms with Crippen molar-refractivity contribution in [2.75, 3.05) is 46.2 Å². The lowest BCUT2D eigenvalue weighted by Gasteiger charge is -2.25. The fourth-order valence-corrected chi connectivity index (χ4v) is 4.24. The number of methoxy groups -OCH3 is 1. The van der Waals surface area contributed by atoms with E-state index in [1.54, 1.807) is 30.0 Å². The first kappa shape index (κ1) is 19.8. The molecular weight excluding hydrogens is 390 g/mol. The van der Waals surface area contributed by atoms with Gasteiger partial charge < -0.3 is 19.0 Å². The lowest BCUT2D eigenvalue weighted by Crippen LogP contribution is -2.39. The van der Waals surface area contributed by atoms with Crippen LogP contribution in [0.25, 0.3) is 22.3 Å². The van der Waals surface area contributed by atoms with E-state index in [-0.39, 0.29) is 11.5 Å². The molecule has 152 valence electrons. The maximum atomic E-state index is 12.8. The van der Waals surface area contributed by atoms with Gasteiger partial charge in [0.1, 0.15) is 11.3 Å². The Kier molecular flexibility index (Phi) is 5.80. The van der Waals surface area contributed by atoms with E-state index in [9.17, 15) is 9.90 Å². The van der Waals surface area contributed by atoms with Crippen LogP contribution in [0.4, 0.5) is 0 Å². The van der Waals surface area contributed by atoms with Gasteiger partial charge in [0.15, 0.2) is 17.3 Å². The first-order valence-electron chi connectivity index (χ1n) is 9.42. The molecule has 4 rings (SSSR count). The lowest BCUT2D eigenvalue weighted by molar-refractivity contribution is 0.0371. The fraction of sp³-hybridized carbons (Fsp3) is 0.318. The third kappa shape index (κ3) is 3.99. The van der Waals surface area contributed by atoms with E-state index >= 15 is 0 Å². The predicted octanol–water partition coefficient (Wildman–Crippen LogP) is 4.05. The molecule has 1 saturated heterocycles. The maximum Gasteiger partial charge on any atom is 0.176 e. The molecule has 0 saturated carbocycles. The summed E-state index contributed by atoms with van der Waals surface area (Å²) in [6.45, 7) is 3.29. The number of morpholine rings is 1. The Hall–Kier alpha value is -2.48. The number of carbonyl (C=O) groups is 1. The van der Waals surface area contributed by atoms with Gasteiger partial charge in [0.25, 0.3) is 0 Å². The van der Waals surface area contributed by atoms with E-state index < -0.39 is 0 Å². The minimum Gasteiger partial charge on any atom is -0.504 e. The Labute approximate surface area is 173 Å². The van der Waals surface area contributed by atoms with Crippen LogP contribution in [0.1, 0.15) is 10.4 Å². The van der Waals surface area contributed by atoms with Crippen LogP contribution in [0.5, 0.6) is 11.5 Å². The van der Waals surface area contributed by atoms with Gasteiger partial charge in [0.05, 0.1) is 31.8 Å². The second kappa shape index (κ2) is 8.49. The summed E-state index contributed by atoms with van der Waals surface area (Å²) >= 11 is 1.56. The van der Waals surface area contributed by atoms with Gasteiger partial charge in [-0.05, 0) is 42.7 Å². The van der Waals surface area contributed by atoms with Crippen LogP contribution in [-0.4, -0.2) is 62.0 Å². The van der Waals surface area contributed by atoms with Gasteiger partial charge in [-0.3, -0.25) is 9.69 Å². The van der Waals surface area contributed by atoms with Gasteiger partial charge in [-0.15, -0.1) is 11.8 Å². The number of Topliss-reactive ketones (excluding diaryl/α,β-unsaturated/α-hetero) is 1. The van der Waals surface area contributed by atoms with Crippen LogP contribution in [-0.2, 0) is 4.74 Å². The van der Waals surface area contributed by atoms with Crippen LogP contribution >= 0.6 is 11.8 Å². The molecule has 1 aliphatic heterocycles. The molecule has 3 aromatic rings. The largest absolute Gasteiger partial charge is 0.504 e. The lowest BCUT2D eigenvalue weighted by atomic mass is 10.1. The van der Waals surface area contributed by atoms with E-state index in [2.05, 4.69) is 4.90 Å². The van der Waals surface area contributed by atoms with Crippen LogP contribution in [0.3, 0.4) is 0 Å². The first-order chi connectivity index (χ1) is 14.1. The Morgan fingerprint density at radius 3 is 2.72 bits per heavy atom. The molecule has 6 nitrogen and oxygen atoms in total. The molecule has 2 heterocycles. The highest BCUT2D eigenvalue weighted by Gasteiger charge is 2.20. The summed E-state index contributed by atoms with van der Waals surface area (Å²) in [5, 5.41) is 10.8. The standard InChI is InChI=1S/C22H23NO5S/c1-26-20-12-15(3-5-17(20)24)21-22(29-2)16-11-14(4-6-19(16)28-21)18(25)13-23-7-9-27-10-8-23/h3-6,11-12,24H,7-10,13H2,1-2H3. The number of aromatic hydroxyl groups is 1. The minimum atomic E-state index is 0.0778. The molecule has 1 N–H and O–H groups in total. The molecule has 0 spiro atoms. The molecule has 1 aliphatic rings. The average Bonchev–Trinajstić information content (AvgIpc) is 3.12. The number of carbonyl (C=O) groups excluding carboxylic acids is 1. The normalized spacial score (nSPS) is 15.0. The number of hydrogen-bond donors (Lipinski definition) is 1. The summed E-state index contributed by atoms with van der Waals surface area (Å²) in [5.41, 5.74) is 2.20. The number of benzene rings is 2. The van der Waals surface area contributed by atoms with Crippen molar-refractivity contribution in [3.8, 4) is 22.8 Å². The Morgan fingerprint density at radius 2 is 2.00 bits per heavy atom. The predicted molar refractivity (Wildman–Crippen MR) is 113 cm³/mol. The van der Waals surface area contributed by atoms with E-state index in [4.69, 9.17) is 13.9 Å². The number of thioether (sulfide) groups is 1. The Balaban J connectivity index is 1.69. The molecule has 0 atom stereocenters. The number of nitrogens with zero attached hydrogens (tertiary/aromatic N) is 1. The van der Waals surface area contributed by atoms with Crippen molar-refractivity contribution in [3.63, 3.8) is 0 Å². The third-order valence-corrected chi connectivity index (χ3v) is 5.89. The zero-order valence-corrected chi connectivity index (χ0v) is 17.3. The van der Waals surface area contributed by atoms with Crippen LogP contribution < -0.4 is 4.74 Å². The first-order valence-corrected chi connectivity index (χ1v) is 10.6. The number of phenolic OH excluding ortho intramolecular Hbond substituents is 1. The van der Waals surface area contributed by atoms with E-state index in [1.807, 2.05) is 24.5 Å². The van der Waals surface area contributed by atoms with Gasteiger partial charge in [-0.2, -0.15) is 0 Å². The zero-order valence-electron chi connectivity index (χ0n) is 16.4. The van der Waals surface area contributed by atoms with Crippen LogP contribution in [0.2, 0.25) is 0 Å². The van der Waals surface area contributed by atoms with Crippen LogP contribution in [0.15, 0.2) is 45.7 Å². The van der Waals surface area contributed by atoms with Gasteiger partial charge in [0, 0.05) is 29.6 Å². The number of hydrogen-bond acceptors (Lipinski definition) is 7. The summed E-state index contributed by atoms with van der Waals surface area (Å²) in [7, 11) is 1.51. The van der Waals surface area contributed by atoms with Crippen molar-refractivity contribution in [3.05, 3.63) is 42.0 Å². The number of furan rings is 1. The molecule has 2 aromatic carbocycles. The second-order valence-electron chi connectivity index (χ2n) is 6.87. The van der Waals surface area contributed by atoms with Gasteiger partial charge in [-0.1, -0.05) is 0 Å². The molecule has 0 radical (unpaired) electrons. The molecule has 29 heavy (non-hydrogen) atoms. The third-order valence-electron chi connectivity index (χ3n) is 5.08. The average molecular weight is 413 g/mol. The Morgan fingerprint density at radius 1 is 1.21 bits per heavy atom. The number of fused-ring (bicyclic) bond motifs is 1. The second-order valence-corrected chi connectivity index (χ2v) is 7.69. The van der Waals surface area contributed by atoms with Crippen molar-refractivity contribution in [2.45, 2.75) is 4.90 Å². The summed E-state index contributed by atoms with van der Waals surface area (Å²) in [6, 6.07) is 10.7. The van der Waals surface area contributed by atoms with Crippen molar-refractivity contribution in [2.24, 2.45) is 0 Å². The summed E-state index contributed by atoms with van der Waals surface area (Å²) in [5.74, 6) is 1.25. The van der Waals surface area contributed by atoms with E-state index in [0.717, 1.165) is 34.5 Å².